The average Bonchev–Trinajstić information content (AvgIpc) is 2.94. The molecule has 0 unspecified atom stereocenters. The van der Waals surface area contributed by atoms with Gasteiger partial charge in [-0.3, -0.25) is 4.79 Å². The topological polar surface area (TPSA) is 113 Å². The van der Waals surface area contributed by atoms with Crippen LogP contribution in [0.1, 0.15) is 72.5 Å². The first-order chi connectivity index (χ1) is 20.5. The smallest absolute Gasteiger partial charge is 0.351 e. The van der Waals surface area contributed by atoms with E-state index in [9.17, 15) is 44.3 Å². The van der Waals surface area contributed by atoms with Crippen molar-refractivity contribution in [2.24, 2.45) is 17.6 Å². The van der Waals surface area contributed by atoms with Crippen molar-refractivity contribution in [2.75, 3.05) is 19.6 Å². The van der Waals surface area contributed by atoms with Gasteiger partial charge in [-0.05, 0) is 67.7 Å². The summed E-state index contributed by atoms with van der Waals surface area (Å²) in [7, 11) is -4.72. The number of rotatable bonds is 12. The van der Waals surface area contributed by atoms with Crippen LogP contribution in [0, 0.1) is 11.8 Å². The van der Waals surface area contributed by atoms with Crippen LogP contribution in [-0.4, -0.2) is 49.2 Å². The minimum absolute atomic E-state index is 0.0456. The van der Waals surface area contributed by atoms with E-state index in [-0.39, 0.29) is 43.1 Å². The van der Waals surface area contributed by atoms with Gasteiger partial charge < -0.3 is 10.6 Å². The fourth-order valence-electron chi connectivity index (χ4n) is 5.20. The van der Waals surface area contributed by atoms with Crippen LogP contribution in [0.2, 0.25) is 0 Å². The zero-order valence-corrected chi connectivity index (χ0v) is 24.9. The highest BCUT2D eigenvalue weighted by Gasteiger charge is 2.38. The van der Waals surface area contributed by atoms with E-state index in [1.165, 1.54) is 0 Å². The summed E-state index contributed by atoms with van der Waals surface area (Å²) in [5, 5.41) is 0. The number of nitrogens with zero attached hydrogens (tertiary/aromatic N) is 2. The number of nitrogens with two attached hydrogens (primary N) is 1. The maximum Gasteiger partial charge on any atom is 0.416 e. The molecule has 0 bridgehead atoms. The van der Waals surface area contributed by atoms with Crippen LogP contribution >= 0.6 is 0 Å². The molecular weight excluding hydrogens is 614 g/mol. The van der Waals surface area contributed by atoms with Crippen LogP contribution in [0.15, 0.2) is 48.5 Å². The molecule has 2 aromatic carbocycles. The molecule has 0 radical (unpaired) electrons. The standard InChI is InChI=1S/C29H36F6N4O4S/c1-2-3-13-38(27(36)41)17-21-9-11-22(12-10-21)19-39(18-20-7-5-4-6-8-20)44(42,43)37-26(40)23-14-24(28(30,31)32)16-25(15-23)29(33,34)35/h4-8,14-16,21-22H,2-3,9-13,17-19H2,1H3,(H2,36,41)(H,37,40). The number of unbranched alkanes of at least 4 members (excludes halogenated alkanes) is 1. The summed E-state index contributed by atoms with van der Waals surface area (Å²) in [5.74, 6) is -1.61. The number of amides is 3. The van der Waals surface area contributed by atoms with E-state index in [4.69, 9.17) is 5.73 Å². The number of benzene rings is 2. The predicted octanol–water partition coefficient (Wildman–Crippen LogP) is 6.19. The van der Waals surface area contributed by atoms with E-state index in [2.05, 4.69) is 0 Å². The van der Waals surface area contributed by atoms with Crippen molar-refractivity contribution in [3.05, 3.63) is 70.8 Å². The molecule has 15 heteroatoms. The molecule has 2 aromatic rings. The van der Waals surface area contributed by atoms with Crippen molar-refractivity contribution in [1.82, 2.24) is 13.9 Å². The summed E-state index contributed by atoms with van der Waals surface area (Å²) in [6.45, 7) is 2.80. The first-order valence-electron chi connectivity index (χ1n) is 14.2. The van der Waals surface area contributed by atoms with Crippen molar-refractivity contribution in [3.8, 4) is 0 Å². The zero-order valence-electron chi connectivity index (χ0n) is 24.1. The lowest BCUT2D eigenvalue weighted by atomic mass is 9.81. The Hall–Kier alpha value is -3.33. The third-order valence-corrected chi connectivity index (χ3v) is 9.01. The SMILES string of the molecule is CCCCN(CC1CCC(CN(Cc2ccccc2)S(=O)(=O)NC(=O)c2cc(C(F)(F)F)cc(C(F)(F)F)c2)CC1)C(N)=O. The van der Waals surface area contributed by atoms with Gasteiger partial charge in [0.1, 0.15) is 0 Å². The van der Waals surface area contributed by atoms with Crippen molar-refractivity contribution in [1.29, 1.82) is 0 Å². The Morgan fingerprint density at radius 3 is 1.89 bits per heavy atom. The fourth-order valence-corrected chi connectivity index (χ4v) is 6.41. The largest absolute Gasteiger partial charge is 0.416 e. The normalized spacial score (nSPS) is 17.8. The summed E-state index contributed by atoms with van der Waals surface area (Å²) in [4.78, 5) is 26.3. The number of hydrogen-bond donors (Lipinski definition) is 2. The molecule has 0 heterocycles. The van der Waals surface area contributed by atoms with Gasteiger partial charge in [0.25, 0.3) is 5.91 Å². The molecule has 0 atom stereocenters. The second-order valence-electron chi connectivity index (χ2n) is 11.0. The molecule has 0 spiro atoms. The summed E-state index contributed by atoms with van der Waals surface area (Å²) >= 11 is 0. The van der Waals surface area contributed by atoms with Gasteiger partial charge in [-0.2, -0.15) is 39.1 Å². The summed E-state index contributed by atoms with van der Waals surface area (Å²) in [6, 6.07) is 8.08. The summed E-state index contributed by atoms with van der Waals surface area (Å²) < 4.78 is 109. The number of hydrogen-bond acceptors (Lipinski definition) is 4. The maximum atomic E-state index is 13.4. The van der Waals surface area contributed by atoms with Gasteiger partial charge in [0, 0.05) is 31.7 Å². The molecule has 3 rings (SSSR count). The van der Waals surface area contributed by atoms with Crippen LogP contribution in [0.5, 0.6) is 0 Å². The van der Waals surface area contributed by atoms with Crippen LogP contribution < -0.4 is 10.5 Å². The molecule has 3 amide bonds. The highest BCUT2D eigenvalue weighted by molar-refractivity contribution is 7.87. The lowest BCUT2D eigenvalue weighted by Crippen LogP contribution is -2.46. The van der Waals surface area contributed by atoms with Gasteiger partial charge in [-0.25, -0.2) is 9.52 Å². The molecule has 8 nitrogen and oxygen atoms in total. The van der Waals surface area contributed by atoms with Crippen LogP contribution in [0.25, 0.3) is 0 Å². The van der Waals surface area contributed by atoms with E-state index in [1.54, 1.807) is 40.0 Å². The third kappa shape index (κ3) is 10.1. The quantitative estimate of drug-likeness (QED) is 0.267. The van der Waals surface area contributed by atoms with Crippen molar-refractivity contribution < 1.29 is 44.3 Å². The maximum absolute atomic E-state index is 13.4. The molecule has 244 valence electrons. The van der Waals surface area contributed by atoms with Gasteiger partial charge in [0.05, 0.1) is 11.1 Å². The lowest BCUT2D eigenvalue weighted by molar-refractivity contribution is -0.143. The second kappa shape index (κ2) is 14.6. The number of halogens is 6. The van der Waals surface area contributed by atoms with Gasteiger partial charge in [-0.1, -0.05) is 43.7 Å². The van der Waals surface area contributed by atoms with Crippen LogP contribution in [0.3, 0.4) is 0 Å². The van der Waals surface area contributed by atoms with Gasteiger partial charge in [-0.15, -0.1) is 0 Å². The van der Waals surface area contributed by atoms with Crippen LogP contribution in [-0.2, 0) is 29.1 Å². The number of carbonyl (C=O) groups is 2. The molecule has 0 aromatic heterocycles. The minimum Gasteiger partial charge on any atom is -0.351 e. The molecule has 1 aliphatic carbocycles. The highest BCUT2D eigenvalue weighted by Crippen LogP contribution is 2.36. The summed E-state index contributed by atoms with van der Waals surface area (Å²) in [6.07, 6.45) is -6.13. The number of carbonyl (C=O) groups excluding carboxylic acids is 2. The van der Waals surface area contributed by atoms with Crippen molar-refractivity contribution >= 4 is 22.1 Å². The van der Waals surface area contributed by atoms with E-state index < -0.39 is 51.2 Å². The van der Waals surface area contributed by atoms with Crippen molar-refractivity contribution in [3.63, 3.8) is 0 Å². The Morgan fingerprint density at radius 1 is 0.886 bits per heavy atom. The third-order valence-electron chi connectivity index (χ3n) is 7.61. The Bertz CT molecular complexity index is 1350. The Morgan fingerprint density at radius 2 is 1.41 bits per heavy atom. The van der Waals surface area contributed by atoms with E-state index in [0.29, 0.717) is 44.3 Å². The number of primary amides is 1. The molecule has 0 saturated heterocycles. The molecule has 44 heavy (non-hydrogen) atoms. The lowest BCUT2D eigenvalue weighted by Gasteiger charge is -2.34. The Balaban J connectivity index is 1.79. The van der Waals surface area contributed by atoms with E-state index in [0.717, 1.165) is 17.1 Å². The molecule has 1 fully saturated rings. The monoisotopic (exact) mass is 650 g/mol. The van der Waals surface area contributed by atoms with E-state index >= 15 is 0 Å². The minimum atomic E-state index is -5.21. The van der Waals surface area contributed by atoms with Gasteiger partial charge in [0.2, 0.25) is 0 Å². The Kier molecular flexibility index (Phi) is 11.7. The number of urea groups is 1. The Labute approximate surface area is 252 Å². The van der Waals surface area contributed by atoms with E-state index in [1.807, 2.05) is 6.92 Å². The fraction of sp³-hybridized carbons (Fsp3) is 0.517. The first-order valence-corrected chi connectivity index (χ1v) is 15.6. The first kappa shape index (κ1) is 35.2. The van der Waals surface area contributed by atoms with Crippen LogP contribution in [0.4, 0.5) is 31.1 Å². The van der Waals surface area contributed by atoms with Gasteiger partial charge >= 0.3 is 28.6 Å². The highest BCUT2D eigenvalue weighted by atomic mass is 32.2. The number of nitrogens with one attached hydrogen (secondary N) is 1. The molecule has 3 N–H and O–H groups in total. The van der Waals surface area contributed by atoms with Crippen molar-refractivity contribution in [2.45, 2.75) is 64.3 Å². The molecule has 1 aliphatic rings. The zero-order chi connectivity index (χ0) is 32.7. The second-order valence-corrected chi connectivity index (χ2v) is 12.7. The molecule has 0 aliphatic heterocycles. The molecular formula is C29H36F6N4O4S. The predicted molar refractivity (Wildman–Crippen MR) is 151 cm³/mol. The van der Waals surface area contributed by atoms with Gasteiger partial charge in [0.15, 0.2) is 0 Å². The average molecular weight is 651 g/mol. The summed E-state index contributed by atoms with van der Waals surface area (Å²) in [5.41, 5.74) is 1.50. The number of alkyl halides is 6. The molecule has 1 saturated carbocycles.